The number of rotatable bonds is 0. The topological polar surface area (TPSA) is 80.7 Å². The molecular weight excluding hydrogens is 236 g/mol. The maximum absolute atomic E-state index is 11.7. The molecule has 2 aliphatic rings. The molecule has 1 heterocycles. The van der Waals surface area contributed by atoms with Crippen LogP contribution >= 0.6 is 0 Å². The van der Waals surface area contributed by atoms with E-state index in [0.717, 1.165) is 0 Å². The lowest BCUT2D eigenvalue weighted by Crippen LogP contribution is -2.30. The normalized spacial score (nSPS) is 12.6. The summed E-state index contributed by atoms with van der Waals surface area (Å²) in [4.78, 5) is 23.3. The summed E-state index contributed by atoms with van der Waals surface area (Å²) in [6.07, 6.45) is 0. The average Bonchev–Trinajstić information content (AvgIpc) is 2.27. The average molecular weight is 248 g/mol. The van der Waals surface area contributed by atoms with E-state index in [1.165, 1.54) is 19.1 Å². The number of hydrogen-bond donors (Lipinski definition) is 1. The first-order chi connectivity index (χ1) is 8.40. The summed E-state index contributed by atoms with van der Waals surface area (Å²) < 4.78 is 10.4. The van der Waals surface area contributed by atoms with Crippen molar-refractivity contribution in [2.45, 2.75) is 20.8 Å². The fourth-order valence-corrected chi connectivity index (χ4v) is 1.59. The Morgan fingerprint density at radius 1 is 1.06 bits per heavy atom. The van der Waals surface area contributed by atoms with Crippen molar-refractivity contribution in [3.05, 3.63) is 43.4 Å². The third kappa shape index (κ3) is 1.95. The Hall–Kier alpha value is -2.30. The molecule has 0 aromatic rings. The number of aliphatic hydroxyl groups excluding tert-OH is 1. The molecule has 0 aromatic carbocycles. The van der Waals surface area contributed by atoms with Crippen LogP contribution in [-0.2, 0) is 0 Å². The zero-order chi connectivity index (χ0) is 13.4. The van der Waals surface area contributed by atoms with Crippen LogP contribution in [0.5, 0.6) is 0 Å². The molecule has 18 heavy (non-hydrogen) atoms. The highest BCUT2D eigenvalue weighted by Crippen LogP contribution is 2.13. The van der Waals surface area contributed by atoms with Crippen molar-refractivity contribution in [1.29, 1.82) is 0 Å². The van der Waals surface area contributed by atoms with E-state index < -0.39 is 5.63 Å². The molecule has 1 N–H and O–H groups in total. The smallest absolute Gasteiger partial charge is 0.379 e. The minimum absolute atomic E-state index is 0.0827. The molecule has 5 heteroatoms. The molecule has 0 bridgehead atoms. The quantitative estimate of drug-likeness (QED) is 0.737. The van der Waals surface area contributed by atoms with Crippen LogP contribution in [-0.4, -0.2) is 5.11 Å². The van der Waals surface area contributed by atoms with Crippen LogP contribution in [0.25, 0.3) is 22.9 Å². The minimum Gasteiger partial charge on any atom is -0.512 e. The van der Waals surface area contributed by atoms with Crippen molar-refractivity contribution in [1.82, 2.24) is 0 Å². The Labute approximate surface area is 102 Å². The van der Waals surface area contributed by atoms with Gasteiger partial charge in [0.25, 0.3) is 0 Å². The second-order valence-electron chi connectivity index (χ2n) is 4.20. The van der Waals surface area contributed by atoms with E-state index in [1.807, 2.05) is 0 Å². The first-order valence-corrected chi connectivity index (χ1v) is 5.35. The van der Waals surface area contributed by atoms with E-state index in [-0.39, 0.29) is 33.3 Å². The van der Waals surface area contributed by atoms with Crippen LogP contribution in [0, 0.1) is 0 Å². The molecule has 0 radical (unpaired) electrons. The van der Waals surface area contributed by atoms with Crippen molar-refractivity contribution in [3.8, 4) is 11.5 Å². The summed E-state index contributed by atoms with van der Waals surface area (Å²) in [6.45, 7) is 4.80. The maximum Gasteiger partial charge on any atom is 0.379 e. The third-order valence-electron chi connectivity index (χ3n) is 2.49. The van der Waals surface area contributed by atoms with Gasteiger partial charge in [-0.05, 0) is 32.4 Å². The van der Waals surface area contributed by atoms with Crippen molar-refractivity contribution in [2.75, 3.05) is 0 Å². The number of benzene rings is 1. The summed E-state index contributed by atoms with van der Waals surface area (Å²) in [6, 6.07) is 2.49. The molecule has 94 valence electrons. The Morgan fingerprint density at radius 3 is 2.22 bits per heavy atom. The van der Waals surface area contributed by atoms with Crippen LogP contribution in [0.1, 0.15) is 20.8 Å². The van der Waals surface area contributed by atoms with Gasteiger partial charge in [0.15, 0.2) is 16.9 Å². The molecule has 0 saturated heterocycles. The highest BCUT2D eigenvalue weighted by atomic mass is 16.4. The van der Waals surface area contributed by atoms with Gasteiger partial charge in [-0.15, -0.1) is 0 Å². The summed E-state index contributed by atoms with van der Waals surface area (Å²) in [5.41, 5.74) is -0.256. The second kappa shape index (κ2) is 4.18. The van der Waals surface area contributed by atoms with E-state index in [9.17, 15) is 14.7 Å². The summed E-state index contributed by atoms with van der Waals surface area (Å²) in [5, 5.41) is 9.43. The van der Waals surface area contributed by atoms with Gasteiger partial charge in [0, 0.05) is 6.07 Å². The number of aliphatic hydroxyl groups is 1. The third-order valence-corrected chi connectivity index (χ3v) is 2.49. The van der Waals surface area contributed by atoms with Crippen molar-refractivity contribution in [2.24, 2.45) is 0 Å². The van der Waals surface area contributed by atoms with Gasteiger partial charge in [0.05, 0.1) is 5.22 Å². The van der Waals surface area contributed by atoms with Crippen LogP contribution < -0.4 is 21.7 Å². The molecule has 5 nitrogen and oxygen atoms in total. The van der Waals surface area contributed by atoms with Gasteiger partial charge < -0.3 is 13.9 Å². The van der Waals surface area contributed by atoms with Gasteiger partial charge in [0.2, 0.25) is 5.42 Å². The van der Waals surface area contributed by atoms with E-state index in [0.29, 0.717) is 5.57 Å². The molecular formula is C13H12O5. The molecule has 1 aliphatic carbocycles. The van der Waals surface area contributed by atoms with Crippen LogP contribution in [0.15, 0.2) is 30.6 Å². The van der Waals surface area contributed by atoms with Gasteiger partial charge in [0.1, 0.15) is 5.76 Å². The lowest BCUT2D eigenvalue weighted by atomic mass is 10.2. The molecule has 1 aliphatic heterocycles. The predicted octanol–water partition coefficient (Wildman–Crippen LogP) is 0.574. The van der Waals surface area contributed by atoms with Crippen LogP contribution in [0.3, 0.4) is 0 Å². The maximum atomic E-state index is 11.7. The minimum atomic E-state index is -0.609. The van der Waals surface area contributed by atoms with E-state index in [4.69, 9.17) is 8.83 Å². The first-order valence-electron chi connectivity index (χ1n) is 5.35. The lowest BCUT2D eigenvalue weighted by Gasteiger charge is -2.02. The van der Waals surface area contributed by atoms with E-state index in [2.05, 4.69) is 0 Å². The molecule has 0 spiro atoms. The standard InChI is InChI=1S/C13H12O5/c1-6(2)12-13(16)18-10-4-8(7(3)14)9(15)5-11(10)17-12/h4-5,14H,1-3H3. The fraction of sp³-hybridized carbons (Fsp3) is 0.231. The molecule has 0 aromatic heterocycles. The van der Waals surface area contributed by atoms with Crippen molar-refractivity contribution >= 4 is 11.3 Å². The van der Waals surface area contributed by atoms with Gasteiger partial charge in [-0.1, -0.05) is 0 Å². The summed E-state index contributed by atoms with van der Waals surface area (Å²) in [7, 11) is 0. The highest BCUT2D eigenvalue weighted by molar-refractivity contribution is 5.52. The van der Waals surface area contributed by atoms with Crippen molar-refractivity contribution < 1.29 is 13.9 Å². The fourth-order valence-electron chi connectivity index (χ4n) is 1.59. The molecule has 0 unspecified atom stereocenters. The van der Waals surface area contributed by atoms with Crippen molar-refractivity contribution in [3.63, 3.8) is 0 Å². The summed E-state index contributed by atoms with van der Waals surface area (Å²) >= 11 is 0. The molecule has 0 atom stereocenters. The number of fused-ring (bicyclic) bond motifs is 1. The van der Waals surface area contributed by atoms with Gasteiger partial charge in [-0.25, -0.2) is 4.79 Å². The van der Waals surface area contributed by atoms with Gasteiger partial charge >= 0.3 is 5.63 Å². The molecule has 0 fully saturated rings. The molecule has 0 amide bonds. The Morgan fingerprint density at radius 2 is 1.67 bits per heavy atom. The zero-order valence-corrected chi connectivity index (χ0v) is 10.2. The van der Waals surface area contributed by atoms with E-state index in [1.54, 1.807) is 13.8 Å². The van der Waals surface area contributed by atoms with Crippen LogP contribution in [0.4, 0.5) is 0 Å². The molecule has 0 saturated carbocycles. The number of hydrogen-bond acceptors (Lipinski definition) is 5. The van der Waals surface area contributed by atoms with Crippen LogP contribution in [0.2, 0.25) is 0 Å². The highest BCUT2D eigenvalue weighted by Gasteiger charge is 2.12. The Balaban J connectivity index is 3.04. The predicted molar refractivity (Wildman–Crippen MR) is 65.9 cm³/mol. The van der Waals surface area contributed by atoms with Gasteiger partial charge in [-0.3, -0.25) is 4.79 Å². The SMILES string of the molecule is CC(O)=c1cc2oc(=O)c(=C(C)C)oc-2cc1=O. The van der Waals surface area contributed by atoms with Gasteiger partial charge in [-0.2, -0.15) is 0 Å². The lowest BCUT2D eigenvalue weighted by molar-refractivity contribution is 0.401. The Kier molecular flexibility index (Phi) is 2.82. The first kappa shape index (κ1) is 12.2. The molecule has 2 rings (SSSR count). The second-order valence-corrected chi connectivity index (χ2v) is 4.20. The van der Waals surface area contributed by atoms with E-state index >= 15 is 0 Å². The monoisotopic (exact) mass is 248 g/mol. The zero-order valence-electron chi connectivity index (χ0n) is 10.2. The largest absolute Gasteiger partial charge is 0.512 e. The summed E-state index contributed by atoms with van der Waals surface area (Å²) in [5.74, 6) is 0.181. The Bertz CT molecular complexity index is 728.